The van der Waals surface area contributed by atoms with Crippen LogP contribution in [0.1, 0.15) is 84.0 Å². The van der Waals surface area contributed by atoms with Gasteiger partial charge < -0.3 is 39.5 Å². The summed E-state index contributed by atoms with van der Waals surface area (Å²) in [5, 5.41) is 38.9. The number of carboxylic acids is 1. The SMILES string of the molecule is C=C(C)C(=O)CCCCN(Cc1ccccc1O[B]O)Cc1c2ccccc2c(CN(CCCNC(=O)C(=C)C)Cc2ccccc2O[B]O)c2ccc(-c3cc(C4=C5C=CC(=[N+](C)C)C=C5[Si](C)(C)c5cc(N(C)C)ccc54)c(C)cc3C)cc12.O=C([O-])C(F)(F)F. The van der Waals surface area contributed by atoms with Crippen LogP contribution in [0.3, 0.4) is 0 Å². The van der Waals surface area contributed by atoms with Crippen LogP contribution < -0.4 is 29.8 Å². The molecule has 1 aliphatic heterocycles. The Kier molecular flexibility index (Phi) is 23.4. The van der Waals surface area contributed by atoms with Gasteiger partial charge in [0.1, 0.15) is 39.6 Å². The molecule has 0 saturated heterocycles. The van der Waals surface area contributed by atoms with Gasteiger partial charge >= 0.3 is 21.5 Å². The van der Waals surface area contributed by atoms with Gasteiger partial charge in [0.2, 0.25) is 5.91 Å². The number of alkyl halides is 3. The molecule has 2 aliphatic rings. The Hall–Kier alpha value is -8.58. The van der Waals surface area contributed by atoms with E-state index < -0.39 is 20.2 Å². The summed E-state index contributed by atoms with van der Waals surface area (Å²) in [6.45, 7) is 24.7. The second-order valence-corrected chi connectivity index (χ2v) is 29.2. The Bertz CT molecular complexity index is 4140. The van der Waals surface area contributed by atoms with Crippen LogP contribution >= 0.6 is 0 Å². The number of amides is 1. The molecule has 0 aromatic heterocycles. The molecule has 0 saturated carbocycles. The van der Waals surface area contributed by atoms with Crippen molar-refractivity contribution in [2.75, 3.05) is 52.7 Å². The van der Waals surface area contributed by atoms with E-state index in [0.29, 0.717) is 87.7 Å². The predicted molar refractivity (Wildman–Crippen MR) is 370 cm³/mol. The highest BCUT2D eigenvalue weighted by Crippen LogP contribution is 2.45. The van der Waals surface area contributed by atoms with Crippen molar-refractivity contribution in [1.82, 2.24) is 15.1 Å². The van der Waals surface area contributed by atoms with Gasteiger partial charge in [0, 0.05) is 94.3 Å². The highest BCUT2D eigenvalue weighted by Gasteiger charge is 2.41. The number of allylic oxidation sites excluding steroid dienone is 6. The van der Waals surface area contributed by atoms with Gasteiger partial charge in [0.15, 0.2) is 11.5 Å². The van der Waals surface area contributed by atoms with Crippen molar-refractivity contribution in [3.63, 3.8) is 0 Å². The summed E-state index contributed by atoms with van der Waals surface area (Å²) in [6, 6.07) is 43.2. The molecule has 0 fully saturated rings. The minimum Gasteiger partial charge on any atom is -0.542 e. The molecule has 0 atom stereocenters. The van der Waals surface area contributed by atoms with E-state index in [1.807, 2.05) is 48.5 Å². The van der Waals surface area contributed by atoms with Gasteiger partial charge in [-0.15, -0.1) is 0 Å². The molecule has 7 aromatic rings. The summed E-state index contributed by atoms with van der Waals surface area (Å²) in [5.41, 5.74) is 17.3. The zero-order chi connectivity index (χ0) is 67.5. The van der Waals surface area contributed by atoms with Crippen LogP contribution in [0, 0.1) is 13.8 Å². The van der Waals surface area contributed by atoms with Gasteiger partial charge in [-0.2, -0.15) is 13.2 Å². The first-order chi connectivity index (χ1) is 44.2. The van der Waals surface area contributed by atoms with Crippen molar-refractivity contribution in [2.45, 2.75) is 98.8 Å². The van der Waals surface area contributed by atoms with E-state index in [0.717, 1.165) is 65.6 Å². The normalized spacial score (nSPS) is 13.2. The Labute approximate surface area is 547 Å². The number of aryl methyl sites for hydroxylation is 2. The van der Waals surface area contributed by atoms with Crippen LogP contribution in [0.4, 0.5) is 18.9 Å². The van der Waals surface area contributed by atoms with E-state index in [4.69, 9.17) is 19.2 Å². The fourth-order valence-electron chi connectivity index (χ4n) is 12.4. The van der Waals surface area contributed by atoms with E-state index in [2.05, 4.69) is 184 Å². The topological polar surface area (TPSA) is 158 Å². The van der Waals surface area contributed by atoms with E-state index in [9.17, 15) is 32.8 Å². The molecule has 0 bridgehead atoms. The fourth-order valence-corrected chi connectivity index (χ4v) is 15.5. The molecule has 3 N–H and O–H groups in total. The molecule has 1 amide bonds. The lowest BCUT2D eigenvalue weighted by molar-refractivity contribution is -0.462. The average Bonchev–Trinajstić information content (AvgIpc) is 0.727. The molecule has 2 radical (unpaired) electrons. The number of fused-ring (bicyclic) bond motifs is 4. The molecule has 13 nitrogen and oxygen atoms in total. The molecule has 9 rings (SSSR count). The third kappa shape index (κ3) is 16.8. The maximum atomic E-state index is 12.9. The molecule has 0 spiro atoms. The van der Waals surface area contributed by atoms with Gasteiger partial charge in [0.05, 0.1) is 0 Å². The summed E-state index contributed by atoms with van der Waals surface area (Å²) < 4.78 is 45.1. The van der Waals surface area contributed by atoms with Gasteiger partial charge in [-0.05, 0) is 189 Å². The van der Waals surface area contributed by atoms with Crippen molar-refractivity contribution in [1.29, 1.82) is 0 Å². The monoisotopic (exact) mass is 1280 g/mol. The summed E-state index contributed by atoms with van der Waals surface area (Å²) in [5.74, 6) is -1.96. The molecule has 1 heterocycles. The zero-order valence-corrected chi connectivity index (χ0v) is 55.9. The molecule has 19 heteroatoms. The average molecular weight is 1280 g/mol. The molecule has 0 unspecified atom stereocenters. The largest absolute Gasteiger partial charge is 0.569 e. The number of hydrogen-bond acceptors (Lipinski definition) is 11. The van der Waals surface area contributed by atoms with E-state index in [1.165, 1.54) is 66.3 Å². The minimum absolute atomic E-state index is 0.0785. The molecule has 93 heavy (non-hydrogen) atoms. The standard InChI is InChI=1S/C72H81B2N5O6Si.C2HF3O2/c1-47(2)66(80)26-19-20-36-78(43-52-22-13-17-27-67(52)84-73-82)46-65-57-25-16-15-24-56(57)64(45-79(37-21-35-75-72(81)48(3)4)44-53-23-14-18-28-68(53)85-74-83)58-32-29-51(39-63(58)65)61-42-62(50(6)38-49(61)5)71-59-33-30-54(76(7)8)40-69(59)86(11,12)70-41-55(77(9)10)31-34-60(70)71;3-2(4,5)1(6)7/h13-18,22-25,27-34,38-42,82-83H,1,3,19-21,26,35-37,43-46H2,2,4-12H3;(H,6,7). The lowest BCUT2D eigenvalue weighted by Crippen LogP contribution is -2.49. The van der Waals surface area contributed by atoms with Crippen molar-refractivity contribution >= 4 is 84.8 Å². The van der Waals surface area contributed by atoms with Crippen molar-refractivity contribution in [3.8, 4) is 22.6 Å². The first-order valence-electron chi connectivity index (χ1n) is 31.1. The molecular formula is C74H82B2F3N5O8Si. The van der Waals surface area contributed by atoms with Crippen molar-refractivity contribution < 1.29 is 56.6 Å². The minimum atomic E-state index is -5.19. The smallest absolute Gasteiger partial charge is 0.542 e. The molecule has 7 aromatic carbocycles. The number of Topliss-reactive ketones (excluding diaryl/α,β-unsaturated/α-hetero) is 1. The molecule has 482 valence electrons. The number of ketones is 1. The number of aliphatic carboxylic acids is 1. The molecular weight excluding hydrogens is 1190 g/mol. The summed E-state index contributed by atoms with van der Waals surface area (Å²) in [6.07, 6.45) is 4.47. The first kappa shape index (κ1) is 70.3. The Morgan fingerprint density at radius 3 is 1.76 bits per heavy atom. The van der Waals surface area contributed by atoms with Crippen LogP contribution in [0.15, 0.2) is 175 Å². The number of carbonyl (C=O) groups excluding carboxylic acids is 3. The Balaban J connectivity index is 0.00000150. The second-order valence-electron chi connectivity index (χ2n) is 24.9. The second kappa shape index (κ2) is 30.9. The summed E-state index contributed by atoms with van der Waals surface area (Å²) >= 11 is 0. The number of unbranched alkanes of at least 4 members (excludes halogenated alkanes) is 1. The Morgan fingerprint density at radius 2 is 1.22 bits per heavy atom. The van der Waals surface area contributed by atoms with Gasteiger partial charge in [-0.3, -0.25) is 19.4 Å². The number of benzene rings is 7. The van der Waals surface area contributed by atoms with Gasteiger partial charge in [-0.1, -0.05) is 111 Å². The highest BCUT2D eigenvalue weighted by atomic mass is 28.3. The third-order valence-electron chi connectivity index (χ3n) is 17.3. The number of carboxylic acid groups (broad SMARTS) is 1. The lowest BCUT2D eigenvalue weighted by atomic mass is 9.84. The van der Waals surface area contributed by atoms with Gasteiger partial charge in [-0.25, -0.2) is 4.58 Å². The number of para-hydroxylation sites is 2. The number of halogens is 3. The maximum absolute atomic E-state index is 12.9. The van der Waals surface area contributed by atoms with E-state index in [1.54, 1.807) is 13.8 Å². The summed E-state index contributed by atoms with van der Waals surface area (Å²) in [4.78, 5) is 41.4. The number of carbonyl (C=O) groups is 3. The first-order valence-corrected chi connectivity index (χ1v) is 34.1. The fraction of sp³-hybridized carbons (Fsp3) is 0.297. The number of hydrogen-bond donors (Lipinski definition) is 3. The van der Waals surface area contributed by atoms with Crippen LogP contribution in [0.2, 0.25) is 13.1 Å². The van der Waals surface area contributed by atoms with Crippen molar-refractivity contribution in [3.05, 3.63) is 219 Å². The number of nitrogens with zero attached hydrogens (tertiary/aromatic N) is 4. The maximum Gasteiger partial charge on any atom is 0.569 e. The Morgan fingerprint density at radius 1 is 0.667 bits per heavy atom. The number of anilines is 1. The molecule has 1 aliphatic carbocycles. The van der Waals surface area contributed by atoms with Crippen molar-refractivity contribution in [2.24, 2.45) is 0 Å². The summed E-state index contributed by atoms with van der Waals surface area (Å²) in [7, 11) is 7.74. The van der Waals surface area contributed by atoms with Gasteiger partial charge in [0.25, 0.3) is 0 Å². The zero-order valence-electron chi connectivity index (χ0n) is 54.9. The van der Waals surface area contributed by atoms with Crippen LogP contribution in [0.5, 0.6) is 11.5 Å². The van der Waals surface area contributed by atoms with Crippen LogP contribution in [-0.2, 0) is 40.6 Å². The highest BCUT2D eigenvalue weighted by molar-refractivity contribution is 6.98. The predicted octanol–water partition coefficient (Wildman–Crippen LogP) is 11.3. The quantitative estimate of drug-likeness (QED) is 0.0156. The number of rotatable bonds is 26. The third-order valence-corrected chi connectivity index (χ3v) is 20.9. The number of nitrogens with one attached hydrogen (secondary N) is 1. The van der Waals surface area contributed by atoms with E-state index >= 15 is 0 Å². The lowest BCUT2D eigenvalue weighted by Gasteiger charge is -2.38. The van der Waals surface area contributed by atoms with Crippen LogP contribution in [0.25, 0.3) is 38.2 Å². The van der Waals surface area contributed by atoms with E-state index in [-0.39, 0.29) is 11.7 Å². The van der Waals surface area contributed by atoms with Crippen LogP contribution in [-0.4, -0.2) is 125 Å².